The molecule has 1 aliphatic heterocycles. The Morgan fingerprint density at radius 2 is 1.96 bits per heavy atom. The molecular weight excluding hydrogens is 326 g/mol. The molecule has 2 heterocycles. The van der Waals surface area contributed by atoms with Crippen molar-refractivity contribution in [3.05, 3.63) is 11.5 Å². The molecule has 6 nitrogen and oxygen atoms in total. The highest BCUT2D eigenvalue weighted by Crippen LogP contribution is 2.46. The van der Waals surface area contributed by atoms with Gasteiger partial charge in [-0.15, -0.1) is 0 Å². The van der Waals surface area contributed by atoms with Crippen LogP contribution in [0.3, 0.4) is 0 Å². The van der Waals surface area contributed by atoms with Crippen molar-refractivity contribution in [2.24, 2.45) is 0 Å². The van der Waals surface area contributed by atoms with E-state index < -0.39 is 10.0 Å². The lowest BCUT2D eigenvalue weighted by Gasteiger charge is -2.40. The molecule has 0 unspecified atom stereocenters. The van der Waals surface area contributed by atoms with E-state index in [1.807, 2.05) is 0 Å². The lowest BCUT2D eigenvalue weighted by atomic mass is 9.80. The molecule has 2 aliphatic rings. The average molecular weight is 356 g/mol. The third kappa shape index (κ3) is 2.80. The molecular formula is C17H29N3O3S. The van der Waals surface area contributed by atoms with Crippen LogP contribution in [0, 0.1) is 13.8 Å². The summed E-state index contributed by atoms with van der Waals surface area (Å²) in [4.78, 5) is 2.55. The van der Waals surface area contributed by atoms with Crippen molar-refractivity contribution in [1.82, 2.24) is 14.4 Å². The van der Waals surface area contributed by atoms with Crippen LogP contribution in [0.2, 0.25) is 0 Å². The molecule has 1 atom stereocenters. The average Bonchev–Trinajstić information content (AvgIpc) is 3.09. The maximum Gasteiger partial charge on any atom is 0.249 e. The number of aryl methyl sites for hydroxylation is 2. The molecule has 24 heavy (non-hydrogen) atoms. The van der Waals surface area contributed by atoms with Gasteiger partial charge in [0.05, 0.1) is 0 Å². The van der Waals surface area contributed by atoms with Gasteiger partial charge in [-0.1, -0.05) is 31.3 Å². The molecule has 0 radical (unpaired) electrons. The monoisotopic (exact) mass is 355 g/mol. The van der Waals surface area contributed by atoms with Crippen LogP contribution in [0.4, 0.5) is 0 Å². The van der Waals surface area contributed by atoms with E-state index in [1.165, 1.54) is 6.42 Å². The van der Waals surface area contributed by atoms with E-state index in [1.54, 1.807) is 18.2 Å². The largest absolute Gasteiger partial charge is 0.360 e. The van der Waals surface area contributed by atoms with E-state index in [4.69, 9.17) is 4.52 Å². The van der Waals surface area contributed by atoms with Crippen LogP contribution in [0.15, 0.2) is 9.42 Å². The zero-order valence-electron chi connectivity index (χ0n) is 15.2. The molecule has 0 aromatic carbocycles. The Kier molecular flexibility index (Phi) is 4.79. The molecule has 136 valence electrons. The smallest absolute Gasteiger partial charge is 0.249 e. The summed E-state index contributed by atoms with van der Waals surface area (Å²) >= 11 is 0. The number of aromatic nitrogens is 1. The first-order valence-electron chi connectivity index (χ1n) is 8.98. The van der Waals surface area contributed by atoms with Gasteiger partial charge in [0.25, 0.3) is 0 Å². The van der Waals surface area contributed by atoms with Crippen LogP contribution in [-0.2, 0) is 10.0 Å². The van der Waals surface area contributed by atoms with Crippen molar-refractivity contribution < 1.29 is 12.9 Å². The predicted octanol–water partition coefficient (Wildman–Crippen LogP) is 2.71. The number of nitrogens with zero attached hydrogens (tertiary/aromatic N) is 3. The Morgan fingerprint density at radius 3 is 2.50 bits per heavy atom. The molecule has 1 aromatic rings. The number of rotatable bonds is 4. The normalized spacial score (nSPS) is 25.0. The van der Waals surface area contributed by atoms with Gasteiger partial charge in [0.1, 0.15) is 10.6 Å². The van der Waals surface area contributed by atoms with Gasteiger partial charge in [-0.3, -0.25) is 0 Å². The van der Waals surface area contributed by atoms with E-state index in [0.717, 1.165) is 38.6 Å². The summed E-state index contributed by atoms with van der Waals surface area (Å²) in [6, 6.07) is 0.281. The van der Waals surface area contributed by atoms with E-state index >= 15 is 0 Å². The Morgan fingerprint density at radius 1 is 1.29 bits per heavy atom. The van der Waals surface area contributed by atoms with Crippen molar-refractivity contribution in [2.45, 2.75) is 75.8 Å². The lowest BCUT2D eigenvalue weighted by Crippen LogP contribution is -2.48. The Hall–Kier alpha value is -0.920. The highest BCUT2D eigenvalue weighted by Gasteiger charge is 2.53. The maximum atomic E-state index is 13.5. The zero-order valence-corrected chi connectivity index (χ0v) is 16.0. The van der Waals surface area contributed by atoms with Gasteiger partial charge in [-0.25, -0.2) is 8.42 Å². The van der Waals surface area contributed by atoms with Crippen molar-refractivity contribution in [2.75, 3.05) is 20.1 Å². The maximum absolute atomic E-state index is 13.5. The second-order valence-corrected chi connectivity index (χ2v) is 9.20. The number of hydrogen-bond acceptors (Lipinski definition) is 5. The van der Waals surface area contributed by atoms with Crippen molar-refractivity contribution in [3.63, 3.8) is 0 Å². The summed E-state index contributed by atoms with van der Waals surface area (Å²) in [5.74, 6) is 0.394. The topological polar surface area (TPSA) is 66.7 Å². The first-order valence-corrected chi connectivity index (χ1v) is 10.4. The van der Waals surface area contributed by atoms with Crippen molar-refractivity contribution in [3.8, 4) is 0 Å². The third-order valence-corrected chi connectivity index (χ3v) is 8.16. The van der Waals surface area contributed by atoms with E-state index in [2.05, 4.69) is 24.0 Å². The molecule has 1 aliphatic carbocycles. The summed E-state index contributed by atoms with van der Waals surface area (Å²) < 4.78 is 33.9. The second kappa shape index (κ2) is 6.42. The molecule has 1 saturated heterocycles. The first-order chi connectivity index (χ1) is 11.3. The highest BCUT2D eigenvalue weighted by molar-refractivity contribution is 7.89. The van der Waals surface area contributed by atoms with E-state index in [9.17, 15) is 8.42 Å². The summed E-state index contributed by atoms with van der Waals surface area (Å²) in [6.07, 6.45) is 6.27. The molecule has 2 fully saturated rings. The lowest BCUT2D eigenvalue weighted by molar-refractivity contribution is 0.168. The molecule has 0 amide bonds. The number of hydrogen-bond donors (Lipinski definition) is 0. The van der Waals surface area contributed by atoms with Crippen molar-refractivity contribution in [1.29, 1.82) is 0 Å². The van der Waals surface area contributed by atoms with E-state index in [-0.39, 0.29) is 16.5 Å². The SMILES string of the molecule is CCN(C)[C@@H]1CN(S(=O)(=O)c2c(C)noc2C)C2(CCCCC2)C1. The van der Waals surface area contributed by atoms with Gasteiger partial charge in [0.15, 0.2) is 5.76 Å². The van der Waals surface area contributed by atoms with Crippen LogP contribution < -0.4 is 0 Å². The van der Waals surface area contributed by atoms with Gasteiger partial charge in [-0.05, 0) is 46.7 Å². The van der Waals surface area contributed by atoms with Gasteiger partial charge in [0.2, 0.25) is 10.0 Å². The summed E-state index contributed by atoms with van der Waals surface area (Å²) in [5.41, 5.74) is 0.229. The minimum atomic E-state index is -3.59. The Bertz CT molecular complexity index is 672. The Labute approximate surface area is 145 Å². The van der Waals surface area contributed by atoms with Crippen LogP contribution in [0.25, 0.3) is 0 Å². The quantitative estimate of drug-likeness (QED) is 0.831. The molecule has 7 heteroatoms. The highest BCUT2D eigenvalue weighted by atomic mass is 32.2. The van der Waals surface area contributed by atoms with Crippen molar-refractivity contribution >= 4 is 10.0 Å². The summed E-state index contributed by atoms with van der Waals surface area (Å²) in [7, 11) is -1.50. The minimum absolute atomic E-state index is 0.235. The fraction of sp³-hybridized carbons (Fsp3) is 0.824. The number of likely N-dealkylation sites (N-methyl/N-ethyl adjacent to an activating group) is 1. The molecule has 1 saturated carbocycles. The van der Waals surface area contributed by atoms with Gasteiger partial charge < -0.3 is 9.42 Å². The minimum Gasteiger partial charge on any atom is -0.360 e. The predicted molar refractivity (Wildman–Crippen MR) is 92.4 cm³/mol. The fourth-order valence-corrected chi connectivity index (χ4v) is 6.68. The molecule has 3 rings (SSSR count). The third-order valence-electron chi connectivity index (χ3n) is 5.94. The van der Waals surface area contributed by atoms with Crippen LogP contribution in [-0.4, -0.2) is 54.5 Å². The molecule has 0 bridgehead atoms. The van der Waals surface area contributed by atoms with E-state index in [0.29, 0.717) is 18.0 Å². The zero-order chi connectivity index (χ0) is 17.5. The molecule has 0 N–H and O–H groups in total. The summed E-state index contributed by atoms with van der Waals surface area (Å²) in [5, 5.41) is 3.87. The first kappa shape index (κ1) is 17.9. The van der Waals surface area contributed by atoms with Gasteiger partial charge in [-0.2, -0.15) is 4.31 Å². The second-order valence-electron chi connectivity index (χ2n) is 7.41. The Balaban J connectivity index is 2.02. The van der Waals surface area contributed by atoms with Gasteiger partial charge in [0, 0.05) is 18.1 Å². The van der Waals surface area contributed by atoms with Crippen LogP contribution >= 0.6 is 0 Å². The van der Waals surface area contributed by atoms with Gasteiger partial charge >= 0.3 is 0 Å². The number of sulfonamides is 1. The summed E-state index contributed by atoms with van der Waals surface area (Å²) in [6.45, 7) is 7.02. The molecule has 1 spiro atoms. The van der Waals surface area contributed by atoms with Crippen LogP contribution in [0.5, 0.6) is 0 Å². The van der Waals surface area contributed by atoms with Crippen LogP contribution in [0.1, 0.15) is 56.9 Å². The molecule has 1 aromatic heterocycles. The fourth-order valence-electron chi connectivity index (χ4n) is 4.51. The standard InChI is InChI=1S/C17H29N3O3S/c1-5-19(4)15-11-17(9-7-6-8-10-17)20(12-15)24(21,22)16-13(2)18-23-14(16)3/h15H,5-12H2,1-4H3/t15-/m0/s1.